The van der Waals surface area contributed by atoms with Crippen LogP contribution < -0.4 is 5.32 Å². The van der Waals surface area contributed by atoms with E-state index in [4.69, 9.17) is 0 Å². The minimum Gasteiger partial charge on any atom is -0.379 e. The van der Waals surface area contributed by atoms with E-state index >= 15 is 0 Å². The van der Waals surface area contributed by atoms with Gasteiger partial charge in [-0.25, -0.2) is 9.37 Å². The van der Waals surface area contributed by atoms with Crippen molar-refractivity contribution in [2.45, 2.75) is 6.54 Å². The Morgan fingerprint density at radius 3 is 3.05 bits per heavy atom. The SMILES string of the molecule is Fc1cc(Br)ccc1NCc1c[nH]c2ncccc12. The fraction of sp³-hybridized carbons (Fsp3) is 0.0714. The highest BCUT2D eigenvalue weighted by molar-refractivity contribution is 9.10. The van der Waals surface area contributed by atoms with Gasteiger partial charge in [0, 0.05) is 28.8 Å². The van der Waals surface area contributed by atoms with Crippen molar-refractivity contribution in [3.8, 4) is 0 Å². The van der Waals surface area contributed by atoms with E-state index < -0.39 is 0 Å². The monoisotopic (exact) mass is 319 g/mol. The van der Waals surface area contributed by atoms with E-state index in [-0.39, 0.29) is 5.82 Å². The Kier molecular flexibility index (Phi) is 3.21. The molecule has 0 spiro atoms. The largest absolute Gasteiger partial charge is 0.379 e. The molecule has 0 unspecified atom stereocenters. The highest BCUT2D eigenvalue weighted by Crippen LogP contribution is 2.21. The number of fused-ring (bicyclic) bond motifs is 1. The molecule has 19 heavy (non-hydrogen) atoms. The van der Waals surface area contributed by atoms with Crippen molar-refractivity contribution < 1.29 is 4.39 Å². The van der Waals surface area contributed by atoms with Crippen LogP contribution in [-0.2, 0) is 6.54 Å². The predicted molar refractivity (Wildman–Crippen MR) is 77.5 cm³/mol. The maximum absolute atomic E-state index is 13.7. The predicted octanol–water partition coefficient (Wildman–Crippen LogP) is 4.08. The molecule has 0 aliphatic heterocycles. The minimum absolute atomic E-state index is 0.271. The first kappa shape index (κ1) is 12.2. The summed E-state index contributed by atoms with van der Waals surface area (Å²) in [5.41, 5.74) is 2.39. The van der Waals surface area contributed by atoms with Gasteiger partial charge in [-0.1, -0.05) is 15.9 Å². The second kappa shape index (κ2) is 5.01. The van der Waals surface area contributed by atoms with Crippen LogP contribution in [0.25, 0.3) is 11.0 Å². The summed E-state index contributed by atoms with van der Waals surface area (Å²) in [5, 5.41) is 4.14. The topological polar surface area (TPSA) is 40.7 Å². The molecule has 0 aliphatic rings. The normalized spacial score (nSPS) is 10.8. The van der Waals surface area contributed by atoms with Crippen LogP contribution in [0.1, 0.15) is 5.56 Å². The van der Waals surface area contributed by atoms with Crippen molar-refractivity contribution in [3.05, 3.63) is 58.6 Å². The van der Waals surface area contributed by atoms with Crippen LogP contribution in [0.15, 0.2) is 47.2 Å². The molecule has 3 aromatic rings. The lowest BCUT2D eigenvalue weighted by molar-refractivity contribution is 0.629. The number of halogens is 2. The molecule has 2 aromatic heterocycles. The van der Waals surface area contributed by atoms with E-state index in [9.17, 15) is 4.39 Å². The van der Waals surface area contributed by atoms with Gasteiger partial charge in [-0.05, 0) is 35.9 Å². The number of benzene rings is 1. The zero-order valence-electron chi connectivity index (χ0n) is 9.95. The lowest BCUT2D eigenvalue weighted by Crippen LogP contribution is -2.00. The van der Waals surface area contributed by atoms with Crippen molar-refractivity contribution in [3.63, 3.8) is 0 Å². The molecule has 0 aliphatic carbocycles. The van der Waals surface area contributed by atoms with E-state index in [1.165, 1.54) is 6.07 Å². The average Bonchev–Trinajstić information content (AvgIpc) is 2.81. The van der Waals surface area contributed by atoms with Crippen LogP contribution in [0, 0.1) is 5.82 Å². The molecule has 0 atom stereocenters. The van der Waals surface area contributed by atoms with Crippen LogP contribution in [0.2, 0.25) is 0 Å². The molecule has 2 heterocycles. The van der Waals surface area contributed by atoms with Gasteiger partial charge in [0.15, 0.2) is 0 Å². The minimum atomic E-state index is -0.271. The Labute approximate surface area is 118 Å². The van der Waals surface area contributed by atoms with Crippen molar-refractivity contribution in [2.24, 2.45) is 0 Å². The number of aromatic amines is 1. The Hall–Kier alpha value is -1.88. The Bertz CT molecular complexity index is 724. The molecule has 2 N–H and O–H groups in total. The van der Waals surface area contributed by atoms with Gasteiger partial charge in [0.1, 0.15) is 11.5 Å². The van der Waals surface area contributed by atoms with Crippen molar-refractivity contribution in [1.82, 2.24) is 9.97 Å². The number of nitrogens with one attached hydrogen (secondary N) is 2. The van der Waals surface area contributed by atoms with Gasteiger partial charge >= 0.3 is 0 Å². The number of hydrogen-bond acceptors (Lipinski definition) is 2. The summed E-state index contributed by atoms with van der Waals surface area (Å²) >= 11 is 3.24. The van der Waals surface area contributed by atoms with Gasteiger partial charge < -0.3 is 10.3 Å². The third-order valence-corrected chi connectivity index (χ3v) is 3.43. The van der Waals surface area contributed by atoms with E-state index in [1.54, 1.807) is 12.3 Å². The van der Waals surface area contributed by atoms with E-state index in [2.05, 4.69) is 31.2 Å². The van der Waals surface area contributed by atoms with Gasteiger partial charge in [0.25, 0.3) is 0 Å². The summed E-state index contributed by atoms with van der Waals surface area (Å²) in [5.74, 6) is -0.271. The molecule has 3 nitrogen and oxygen atoms in total. The van der Waals surface area contributed by atoms with Gasteiger partial charge in [-0.2, -0.15) is 0 Å². The van der Waals surface area contributed by atoms with Crippen molar-refractivity contribution in [2.75, 3.05) is 5.32 Å². The molecule has 1 aromatic carbocycles. The number of nitrogens with zero attached hydrogens (tertiary/aromatic N) is 1. The summed E-state index contributed by atoms with van der Waals surface area (Å²) in [6, 6.07) is 8.85. The molecule has 0 fully saturated rings. The second-order valence-electron chi connectivity index (χ2n) is 4.19. The first-order chi connectivity index (χ1) is 9.24. The molecule has 0 saturated carbocycles. The van der Waals surface area contributed by atoms with Gasteiger partial charge in [0.05, 0.1) is 5.69 Å². The number of hydrogen-bond donors (Lipinski definition) is 2. The fourth-order valence-electron chi connectivity index (χ4n) is 1.98. The van der Waals surface area contributed by atoms with Gasteiger partial charge in [-0.15, -0.1) is 0 Å². The zero-order chi connectivity index (χ0) is 13.2. The Morgan fingerprint density at radius 1 is 1.32 bits per heavy atom. The third-order valence-electron chi connectivity index (χ3n) is 2.94. The third kappa shape index (κ3) is 2.46. The van der Waals surface area contributed by atoms with Gasteiger partial charge in [-0.3, -0.25) is 0 Å². The summed E-state index contributed by atoms with van der Waals surface area (Å²) in [7, 11) is 0. The number of pyridine rings is 1. The fourth-order valence-corrected chi connectivity index (χ4v) is 2.32. The first-order valence-corrected chi connectivity index (χ1v) is 6.63. The lowest BCUT2D eigenvalue weighted by Gasteiger charge is -2.07. The van der Waals surface area contributed by atoms with Crippen LogP contribution in [0.5, 0.6) is 0 Å². The van der Waals surface area contributed by atoms with Crippen molar-refractivity contribution in [1.29, 1.82) is 0 Å². The number of aromatic nitrogens is 2. The Morgan fingerprint density at radius 2 is 2.21 bits per heavy atom. The molecule has 96 valence electrons. The highest BCUT2D eigenvalue weighted by atomic mass is 79.9. The molecule has 0 amide bonds. The van der Waals surface area contributed by atoms with E-state index in [0.29, 0.717) is 12.2 Å². The lowest BCUT2D eigenvalue weighted by atomic mass is 10.2. The molecule has 0 bridgehead atoms. The number of H-pyrrole nitrogens is 1. The van der Waals surface area contributed by atoms with Crippen LogP contribution in [0.4, 0.5) is 10.1 Å². The zero-order valence-corrected chi connectivity index (χ0v) is 11.5. The quantitative estimate of drug-likeness (QED) is 0.763. The highest BCUT2D eigenvalue weighted by Gasteiger charge is 2.06. The summed E-state index contributed by atoms with van der Waals surface area (Å²) in [4.78, 5) is 7.32. The maximum atomic E-state index is 13.7. The number of anilines is 1. The van der Waals surface area contributed by atoms with Crippen LogP contribution in [-0.4, -0.2) is 9.97 Å². The van der Waals surface area contributed by atoms with E-state index in [0.717, 1.165) is 21.1 Å². The second-order valence-corrected chi connectivity index (χ2v) is 5.11. The summed E-state index contributed by atoms with van der Waals surface area (Å²) in [6.07, 6.45) is 3.63. The van der Waals surface area contributed by atoms with Crippen molar-refractivity contribution >= 4 is 32.7 Å². The summed E-state index contributed by atoms with van der Waals surface area (Å²) < 4.78 is 14.4. The smallest absolute Gasteiger partial charge is 0.147 e. The molecule has 0 saturated heterocycles. The summed E-state index contributed by atoms with van der Waals surface area (Å²) in [6.45, 7) is 0.546. The van der Waals surface area contributed by atoms with Gasteiger partial charge in [0.2, 0.25) is 0 Å². The molecule has 3 rings (SSSR count). The van der Waals surface area contributed by atoms with Crippen LogP contribution in [0.3, 0.4) is 0 Å². The molecule has 0 radical (unpaired) electrons. The standard InChI is InChI=1S/C14H11BrFN3/c15-10-3-4-13(12(16)6-10)18-7-9-8-19-14-11(9)2-1-5-17-14/h1-6,8,18H,7H2,(H,17,19). The molecular weight excluding hydrogens is 309 g/mol. The van der Waals surface area contributed by atoms with Crippen LogP contribution >= 0.6 is 15.9 Å². The molecule has 5 heteroatoms. The maximum Gasteiger partial charge on any atom is 0.147 e. The number of rotatable bonds is 3. The average molecular weight is 320 g/mol. The Balaban J connectivity index is 1.82. The molecular formula is C14H11BrFN3. The first-order valence-electron chi connectivity index (χ1n) is 5.84. The van der Waals surface area contributed by atoms with E-state index in [1.807, 2.05) is 24.4 Å².